The molecule has 25 heavy (non-hydrogen) atoms. The zero-order valence-corrected chi connectivity index (χ0v) is 14.8. The van der Waals surface area contributed by atoms with E-state index in [4.69, 9.17) is 4.98 Å². The first-order valence-electron chi connectivity index (χ1n) is 8.32. The third-order valence-electron chi connectivity index (χ3n) is 4.83. The number of hydrogen-bond acceptors (Lipinski definition) is 5. The summed E-state index contributed by atoms with van der Waals surface area (Å²) in [5, 5.41) is 11.7. The van der Waals surface area contributed by atoms with E-state index in [0.29, 0.717) is 6.54 Å². The molecule has 0 aliphatic carbocycles. The van der Waals surface area contributed by atoms with Crippen molar-refractivity contribution in [3.8, 4) is 11.3 Å². The molecule has 130 valence electrons. The van der Waals surface area contributed by atoms with Crippen LogP contribution in [0.5, 0.6) is 0 Å². The van der Waals surface area contributed by atoms with Crippen molar-refractivity contribution in [2.45, 2.75) is 19.9 Å². The minimum atomic E-state index is -0.226. The summed E-state index contributed by atoms with van der Waals surface area (Å²) in [7, 11) is 3.72. The van der Waals surface area contributed by atoms with Gasteiger partial charge < -0.3 is 9.80 Å². The molecule has 0 radical (unpaired) electrons. The van der Waals surface area contributed by atoms with Crippen LogP contribution in [-0.4, -0.2) is 61.9 Å². The van der Waals surface area contributed by atoms with Crippen molar-refractivity contribution in [3.63, 3.8) is 0 Å². The number of amides is 1. The summed E-state index contributed by atoms with van der Waals surface area (Å²) in [6.45, 7) is 5.41. The molecule has 0 spiro atoms. The average Bonchev–Trinajstić information content (AvgIpc) is 3.18. The van der Waals surface area contributed by atoms with Gasteiger partial charge in [-0.15, -0.1) is 0 Å². The molecular formula is C17H21N7O. The summed E-state index contributed by atoms with van der Waals surface area (Å²) in [4.78, 5) is 21.1. The van der Waals surface area contributed by atoms with Crippen LogP contribution >= 0.6 is 0 Å². The topological polar surface area (TPSA) is 82.9 Å². The standard InChI is InChI=1S/C17H21N7O/c1-10-7-13-15(14(21-20-13)12-8-18-23(4)9-12)19-16(10)24-6-5-22(3)17(25)11(24)2/h7-9,11H,5-6H2,1-4H3,(H,20,21). The minimum absolute atomic E-state index is 0.118. The molecule has 4 heterocycles. The van der Waals surface area contributed by atoms with E-state index in [1.807, 2.05) is 40.2 Å². The van der Waals surface area contributed by atoms with Gasteiger partial charge in [0.15, 0.2) is 0 Å². The number of nitrogens with zero attached hydrogens (tertiary/aromatic N) is 6. The molecule has 4 rings (SSSR count). The molecule has 1 aliphatic heterocycles. The van der Waals surface area contributed by atoms with Crippen LogP contribution in [0.1, 0.15) is 12.5 Å². The van der Waals surface area contributed by atoms with Crippen LogP contribution in [0.15, 0.2) is 18.5 Å². The number of piperazine rings is 1. The highest BCUT2D eigenvalue weighted by atomic mass is 16.2. The van der Waals surface area contributed by atoms with Crippen LogP contribution in [0, 0.1) is 6.92 Å². The molecule has 0 bridgehead atoms. The normalized spacial score (nSPS) is 18.4. The van der Waals surface area contributed by atoms with Crippen molar-refractivity contribution in [1.82, 2.24) is 29.9 Å². The molecule has 0 aromatic carbocycles. The first-order chi connectivity index (χ1) is 12.0. The molecule has 1 aliphatic rings. The Hall–Kier alpha value is -2.90. The van der Waals surface area contributed by atoms with E-state index >= 15 is 0 Å². The van der Waals surface area contributed by atoms with Gasteiger partial charge in [0, 0.05) is 38.9 Å². The minimum Gasteiger partial charge on any atom is -0.343 e. The number of aromatic amines is 1. The highest BCUT2D eigenvalue weighted by Gasteiger charge is 2.31. The number of anilines is 1. The summed E-state index contributed by atoms with van der Waals surface area (Å²) in [6, 6.07) is 1.82. The zero-order valence-electron chi connectivity index (χ0n) is 14.8. The van der Waals surface area contributed by atoms with Gasteiger partial charge in [0.05, 0.1) is 11.7 Å². The highest BCUT2D eigenvalue weighted by Crippen LogP contribution is 2.30. The Labute approximate surface area is 145 Å². The summed E-state index contributed by atoms with van der Waals surface area (Å²) in [5.74, 6) is 0.959. The van der Waals surface area contributed by atoms with E-state index in [0.717, 1.165) is 40.2 Å². The SMILES string of the molecule is Cc1cc2[nH]nc(-c3cnn(C)c3)c2nc1N1CCN(C)C(=O)C1C. The molecule has 1 saturated heterocycles. The predicted octanol–water partition coefficient (Wildman–Crippen LogP) is 1.33. The maximum Gasteiger partial charge on any atom is 0.244 e. The lowest BCUT2D eigenvalue weighted by molar-refractivity contribution is -0.132. The molecule has 0 saturated carbocycles. The number of hydrogen-bond donors (Lipinski definition) is 1. The number of aryl methyl sites for hydroxylation is 2. The van der Waals surface area contributed by atoms with Crippen LogP contribution in [0.3, 0.4) is 0 Å². The Morgan fingerprint density at radius 3 is 2.80 bits per heavy atom. The van der Waals surface area contributed by atoms with Crippen LogP contribution in [0.25, 0.3) is 22.3 Å². The Kier molecular flexibility index (Phi) is 3.48. The lowest BCUT2D eigenvalue weighted by atomic mass is 10.1. The second kappa shape index (κ2) is 5.58. The van der Waals surface area contributed by atoms with Crippen LogP contribution in [0.4, 0.5) is 5.82 Å². The molecule has 8 heteroatoms. The number of aromatic nitrogens is 5. The Bertz CT molecular complexity index is 957. The zero-order chi connectivity index (χ0) is 17.7. The second-order valence-corrected chi connectivity index (χ2v) is 6.63. The first-order valence-corrected chi connectivity index (χ1v) is 8.32. The van der Waals surface area contributed by atoms with Crippen molar-refractivity contribution < 1.29 is 4.79 Å². The summed E-state index contributed by atoms with van der Waals surface area (Å²) in [5.41, 5.74) is 4.40. The van der Waals surface area contributed by atoms with Crippen molar-refractivity contribution >= 4 is 22.8 Å². The number of pyridine rings is 1. The fourth-order valence-electron chi connectivity index (χ4n) is 3.38. The summed E-state index contributed by atoms with van der Waals surface area (Å²) >= 11 is 0. The lowest BCUT2D eigenvalue weighted by Gasteiger charge is -2.38. The summed E-state index contributed by atoms with van der Waals surface area (Å²) in [6.07, 6.45) is 3.69. The summed E-state index contributed by atoms with van der Waals surface area (Å²) < 4.78 is 1.74. The van der Waals surface area contributed by atoms with Gasteiger partial charge in [-0.05, 0) is 25.5 Å². The van der Waals surface area contributed by atoms with Gasteiger partial charge in [0.2, 0.25) is 5.91 Å². The number of carbonyl (C=O) groups excluding carboxylic acids is 1. The van der Waals surface area contributed by atoms with Gasteiger partial charge in [-0.25, -0.2) is 4.98 Å². The molecule has 1 N–H and O–H groups in total. The van der Waals surface area contributed by atoms with E-state index in [1.165, 1.54) is 0 Å². The maximum absolute atomic E-state index is 12.4. The van der Waals surface area contributed by atoms with Crippen LogP contribution in [0.2, 0.25) is 0 Å². The van der Waals surface area contributed by atoms with Gasteiger partial charge in [-0.1, -0.05) is 0 Å². The molecule has 3 aromatic heterocycles. The van der Waals surface area contributed by atoms with Gasteiger partial charge in [-0.2, -0.15) is 10.2 Å². The number of rotatable bonds is 2. The third-order valence-corrected chi connectivity index (χ3v) is 4.83. The van der Waals surface area contributed by atoms with E-state index in [9.17, 15) is 4.79 Å². The third kappa shape index (κ3) is 2.45. The largest absolute Gasteiger partial charge is 0.343 e. The molecule has 1 atom stereocenters. The molecule has 1 fully saturated rings. The number of likely N-dealkylation sites (N-methyl/N-ethyl adjacent to an activating group) is 1. The highest BCUT2D eigenvalue weighted by molar-refractivity contribution is 5.92. The quantitative estimate of drug-likeness (QED) is 0.762. The first kappa shape index (κ1) is 15.6. The monoisotopic (exact) mass is 339 g/mol. The van der Waals surface area contributed by atoms with Crippen LogP contribution in [-0.2, 0) is 11.8 Å². The van der Waals surface area contributed by atoms with Crippen LogP contribution < -0.4 is 4.90 Å². The van der Waals surface area contributed by atoms with Gasteiger partial charge in [0.25, 0.3) is 0 Å². The van der Waals surface area contributed by atoms with E-state index in [2.05, 4.69) is 20.2 Å². The lowest BCUT2D eigenvalue weighted by Crippen LogP contribution is -2.55. The molecule has 8 nitrogen and oxygen atoms in total. The van der Waals surface area contributed by atoms with Gasteiger partial charge in [0.1, 0.15) is 23.1 Å². The smallest absolute Gasteiger partial charge is 0.244 e. The van der Waals surface area contributed by atoms with Crippen molar-refractivity contribution in [1.29, 1.82) is 0 Å². The van der Waals surface area contributed by atoms with Crippen molar-refractivity contribution in [3.05, 3.63) is 24.0 Å². The maximum atomic E-state index is 12.4. The van der Waals surface area contributed by atoms with Gasteiger partial charge in [-0.3, -0.25) is 14.6 Å². The van der Waals surface area contributed by atoms with Crippen molar-refractivity contribution in [2.24, 2.45) is 7.05 Å². The molecular weight excluding hydrogens is 318 g/mol. The second-order valence-electron chi connectivity index (χ2n) is 6.63. The Morgan fingerprint density at radius 2 is 2.08 bits per heavy atom. The number of carbonyl (C=O) groups is 1. The number of nitrogens with one attached hydrogen (secondary N) is 1. The van der Waals surface area contributed by atoms with Gasteiger partial charge >= 0.3 is 0 Å². The van der Waals surface area contributed by atoms with Crippen molar-refractivity contribution in [2.75, 3.05) is 25.0 Å². The fraction of sp³-hybridized carbons (Fsp3) is 0.412. The fourth-order valence-corrected chi connectivity index (χ4v) is 3.38. The molecule has 3 aromatic rings. The Morgan fingerprint density at radius 1 is 1.28 bits per heavy atom. The molecule has 1 amide bonds. The number of H-pyrrole nitrogens is 1. The predicted molar refractivity (Wildman–Crippen MR) is 95.3 cm³/mol. The Balaban J connectivity index is 1.82. The van der Waals surface area contributed by atoms with E-state index in [-0.39, 0.29) is 11.9 Å². The van der Waals surface area contributed by atoms with E-state index in [1.54, 1.807) is 15.8 Å². The van der Waals surface area contributed by atoms with E-state index < -0.39 is 0 Å². The average molecular weight is 339 g/mol. The number of fused-ring (bicyclic) bond motifs is 1. The molecule has 1 unspecified atom stereocenters.